The summed E-state index contributed by atoms with van der Waals surface area (Å²) in [5.74, 6) is 0.959. The number of rotatable bonds is 3. The summed E-state index contributed by atoms with van der Waals surface area (Å²) >= 11 is 6.24. The van der Waals surface area contributed by atoms with E-state index in [0.29, 0.717) is 17.3 Å². The van der Waals surface area contributed by atoms with Crippen LogP contribution in [0.15, 0.2) is 36.7 Å². The zero-order valence-corrected chi connectivity index (χ0v) is 12.7. The average molecular weight is 302 g/mol. The van der Waals surface area contributed by atoms with E-state index in [4.69, 9.17) is 17.3 Å². The third-order valence-electron chi connectivity index (χ3n) is 3.37. The van der Waals surface area contributed by atoms with Crippen LogP contribution in [0.4, 0.5) is 11.5 Å². The third-order valence-corrected chi connectivity index (χ3v) is 3.74. The molecule has 2 aromatic heterocycles. The summed E-state index contributed by atoms with van der Waals surface area (Å²) in [7, 11) is 2.00. The van der Waals surface area contributed by atoms with Crippen LogP contribution in [0.3, 0.4) is 0 Å². The van der Waals surface area contributed by atoms with E-state index in [1.165, 1.54) is 0 Å². The van der Waals surface area contributed by atoms with E-state index < -0.39 is 0 Å². The maximum Gasteiger partial charge on any atom is 0.157 e. The molecule has 0 atom stereocenters. The van der Waals surface area contributed by atoms with Crippen molar-refractivity contribution in [2.75, 3.05) is 17.7 Å². The van der Waals surface area contributed by atoms with Crippen LogP contribution in [0.2, 0.25) is 5.02 Å². The van der Waals surface area contributed by atoms with Gasteiger partial charge in [0, 0.05) is 24.3 Å². The molecule has 6 heteroatoms. The van der Waals surface area contributed by atoms with Crippen molar-refractivity contribution in [1.29, 1.82) is 0 Å². The summed E-state index contributed by atoms with van der Waals surface area (Å²) in [6.07, 6.45) is 1.56. The zero-order valence-electron chi connectivity index (χ0n) is 11.9. The number of benzene rings is 1. The molecule has 0 radical (unpaired) electrons. The lowest BCUT2D eigenvalue weighted by molar-refractivity contribution is 0.839. The van der Waals surface area contributed by atoms with Crippen LogP contribution in [0, 0.1) is 6.92 Å². The van der Waals surface area contributed by atoms with E-state index in [-0.39, 0.29) is 0 Å². The second kappa shape index (κ2) is 5.26. The van der Waals surface area contributed by atoms with Gasteiger partial charge in [-0.15, -0.1) is 0 Å². The molecule has 0 spiro atoms. The van der Waals surface area contributed by atoms with Gasteiger partial charge in [0.05, 0.1) is 0 Å². The molecule has 0 bridgehead atoms. The second-order valence-corrected chi connectivity index (χ2v) is 5.54. The molecule has 0 aliphatic rings. The standard InChI is InChI=1S/C15H16ClN5/c1-10-5-14-18-9-19-21(14)15(6-10)20(2)8-11-7-12(17)3-4-13(11)16/h3-7,9H,8,17H2,1-2H3. The molecule has 0 fully saturated rings. The van der Waals surface area contributed by atoms with Crippen molar-refractivity contribution in [2.45, 2.75) is 13.5 Å². The average Bonchev–Trinajstić information content (AvgIpc) is 2.89. The Morgan fingerprint density at radius 1 is 1.29 bits per heavy atom. The number of hydrogen-bond donors (Lipinski definition) is 1. The van der Waals surface area contributed by atoms with Crippen molar-refractivity contribution in [3.63, 3.8) is 0 Å². The first-order chi connectivity index (χ1) is 10.0. The van der Waals surface area contributed by atoms with Crippen molar-refractivity contribution in [1.82, 2.24) is 14.6 Å². The molecular weight excluding hydrogens is 286 g/mol. The van der Waals surface area contributed by atoms with E-state index in [1.807, 2.05) is 36.7 Å². The van der Waals surface area contributed by atoms with E-state index in [9.17, 15) is 0 Å². The summed E-state index contributed by atoms with van der Waals surface area (Å²) in [5, 5.41) is 4.98. The number of halogens is 1. The van der Waals surface area contributed by atoms with E-state index >= 15 is 0 Å². The smallest absolute Gasteiger partial charge is 0.157 e. The number of nitrogens with two attached hydrogens (primary N) is 1. The minimum absolute atomic E-state index is 0.641. The monoisotopic (exact) mass is 301 g/mol. The highest BCUT2D eigenvalue weighted by molar-refractivity contribution is 6.31. The number of nitrogen functional groups attached to an aromatic ring is 1. The minimum Gasteiger partial charge on any atom is -0.399 e. The van der Waals surface area contributed by atoms with Gasteiger partial charge in [-0.3, -0.25) is 0 Å². The van der Waals surface area contributed by atoms with Crippen LogP contribution in [0.25, 0.3) is 5.65 Å². The SMILES string of the molecule is Cc1cc(N(C)Cc2cc(N)ccc2Cl)n2ncnc2c1. The van der Waals surface area contributed by atoms with Gasteiger partial charge in [-0.05, 0) is 48.4 Å². The van der Waals surface area contributed by atoms with Gasteiger partial charge < -0.3 is 10.6 Å². The molecule has 108 valence electrons. The van der Waals surface area contributed by atoms with Gasteiger partial charge in [-0.1, -0.05) is 11.6 Å². The summed E-state index contributed by atoms with van der Waals surface area (Å²) < 4.78 is 1.81. The Morgan fingerprint density at radius 3 is 2.90 bits per heavy atom. The number of pyridine rings is 1. The Labute approximate surface area is 128 Å². The van der Waals surface area contributed by atoms with Crippen molar-refractivity contribution in [3.05, 3.63) is 52.8 Å². The molecular formula is C15H16ClN5. The molecule has 2 heterocycles. The molecule has 3 rings (SSSR count). The normalized spacial score (nSPS) is 11.0. The molecule has 3 aromatic rings. The fraction of sp³-hybridized carbons (Fsp3) is 0.200. The van der Waals surface area contributed by atoms with Gasteiger partial charge in [0.2, 0.25) is 0 Å². The highest BCUT2D eigenvalue weighted by atomic mass is 35.5. The Kier molecular flexibility index (Phi) is 3.43. The molecule has 0 aliphatic heterocycles. The first-order valence-corrected chi connectivity index (χ1v) is 6.98. The van der Waals surface area contributed by atoms with Crippen molar-refractivity contribution in [2.24, 2.45) is 0 Å². The molecule has 21 heavy (non-hydrogen) atoms. The molecule has 0 unspecified atom stereocenters. The van der Waals surface area contributed by atoms with Crippen LogP contribution in [-0.4, -0.2) is 21.6 Å². The first-order valence-electron chi connectivity index (χ1n) is 6.60. The summed E-state index contributed by atoms with van der Waals surface area (Å²) in [6.45, 7) is 2.68. The van der Waals surface area contributed by atoms with Gasteiger partial charge in [-0.2, -0.15) is 9.61 Å². The van der Waals surface area contributed by atoms with Crippen LogP contribution in [0.1, 0.15) is 11.1 Å². The quantitative estimate of drug-likeness (QED) is 0.756. The van der Waals surface area contributed by atoms with E-state index in [1.54, 1.807) is 12.4 Å². The fourth-order valence-electron chi connectivity index (χ4n) is 2.36. The van der Waals surface area contributed by atoms with Gasteiger partial charge in [-0.25, -0.2) is 4.98 Å². The Bertz CT molecular complexity index is 796. The number of aromatic nitrogens is 3. The maximum absolute atomic E-state index is 6.24. The molecule has 0 aliphatic carbocycles. The Hall–Kier alpha value is -2.27. The van der Waals surface area contributed by atoms with Gasteiger partial charge in [0.1, 0.15) is 12.1 Å². The molecule has 0 saturated heterocycles. The maximum atomic E-state index is 6.24. The largest absolute Gasteiger partial charge is 0.399 e. The Balaban J connectivity index is 1.99. The highest BCUT2D eigenvalue weighted by Crippen LogP contribution is 2.23. The number of anilines is 2. The predicted molar refractivity (Wildman–Crippen MR) is 85.7 cm³/mol. The summed E-state index contributed by atoms with van der Waals surface area (Å²) in [4.78, 5) is 6.32. The highest BCUT2D eigenvalue weighted by Gasteiger charge is 2.11. The lowest BCUT2D eigenvalue weighted by atomic mass is 10.2. The topological polar surface area (TPSA) is 59.5 Å². The Morgan fingerprint density at radius 2 is 2.10 bits per heavy atom. The molecule has 1 aromatic carbocycles. The minimum atomic E-state index is 0.641. The predicted octanol–water partition coefficient (Wildman–Crippen LogP) is 2.91. The fourth-order valence-corrected chi connectivity index (χ4v) is 2.54. The van der Waals surface area contributed by atoms with Gasteiger partial charge in [0.15, 0.2) is 5.65 Å². The lowest BCUT2D eigenvalue weighted by Gasteiger charge is -2.21. The van der Waals surface area contributed by atoms with Crippen LogP contribution >= 0.6 is 11.6 Å². The lowest BCUT2D eigenvalue weighted by Crippen LogP contribution is -2.20. The van der Waals surface area contributed by atoms with E-state index in [0.717, 1.165) is 22.6 Å². The number of aryl methyl sites for hydroxylation is 1. The molecule has 0 saturated carbocycles. The number of hydrogen-bond acceptors (Lipinski definition) is 4. The van der Waals surface area contributed by atoms with Gasteiger partial charge >= 0.3 is 0 Å². The van der Waals surface area contributed by atoms with E-state index in [2.05, 4.69) is 21.0 Å². The molecule has 5 nitrogen and oxygen atoms in total. The molecule has 0 amide bonds. The van der Waals surface area contributed by atoms with Crippen LogP contribution in [-0.2, 0) is 6.54 Å². The zero-order chi connectivity index (χ0) is 15.0. The second-order valence-electron chi connectivity index (χ2n) is 5.13. The van der Waals surface area contributed by atoms with Crippen LogP contribution < -0.4 is 10.6 Å². The van der Waals surface area contributed by atoms with Crippen molar-refractivity contribution in [3.8, 4) is 0 Å². The third kappa shape index (κ3) is 2.64. The van der Waals surface area contributed by atoms with Crippen molar-refractivity contribution < 1.29 is 0 Å². The first kappa shape index (κ1) is 13.7. The summed E-state index contributed by atoms with van der Waals surface area (Å²) in [5.41, 5.74) is 9.49. The van der Waals surface area contributed by atoms with Crippen molar-refractivity contribution >= 4 is 28.8 Å². The van der Waals surface area contributed by atoms with Gasteiger partial charge in [0.25, 0.3) is 0 Å². The number of nitrogens with zero attached hydrogens (tertiary/aromatic N) is 4. The van der Waals surface area contributed by atoms with Crippen LogP contribution in [0.5, 0.6) is 0 Å². The molecule has 2 N–H and O–H groups in total. The number of fused-ring (bicyclic) bond motifs is 1. The summed E-state index contributed by atoms with van der Waals surface area (Å²) in [6, 6.07) is 9.59.